The van der Waals surface area contributed by atoms with E-state index in [1.54, 1.807) is 12.3 Å². The standard InChI is InChI=1S/C11H13ClN2O2/c1-6(2)10-9-7(3-8(12)4-13-9)5-14(10)11(15)16/h3-4,6,10H,5H2,1-2H3,(H,15,16)/t10-/m0/s1. The Labute approximate surface area is 98.9 Å². The van der Waals surface area contributed by atoms with E-state index >= 15 is 0 Å². The summed E-state index contributed by atoms with van der Waals surface area (Å²) < 4.78 is 0. The molecule has 1 aromatic heterocycles. The topological polar surface area (TPSA) is 53.4 Å². The molecule has 0 radical (unpaired) electrons. The maximum atomic E-state index is 11.1. The zero-order valence-corrected chi connectivity index (χ0v) is 9.90. The smallest absolute Gasteiger partial charge is 0.408 e. The number of rotatable bonds is 1. The predicted octanol–water partition coefficient (Wildman–Crippen LogP) is 2.93. The van der Waals surface area contributed by atoms with Gasteiger partial charge < -0.3 is 5.11 Å². The van der Waals surface area contributed by atoms with Crippen LogP contribution in [-0.4, -0.2) is 21.1 Å². The van der Waals surface area contributed by atoms with Gasteiger partial charge in [0.25, 0.3) is 0 Å². The van der Waals surface area contributed by atoms with Gasteiger partial charge in [-0.3, -0.25) is 9.88 Å². The summed E-state index contributed by atoms with van der Waals surface area (Å²) in [6.07, 6.45) is 0.661. The van der Waals surface area contributed by atoms with Gasteiger partial charge in [-0.1, -0.05) is 25.4 Å². The van der Waals surface area contributed by atoms with Crippen molar-refractivity contribution < 1.29 is 9.90 Å². The number of carboxylic acid groups (broad SMARTS) is 1. The van der Waals surface area contributed by atoms with Crippen molar-refractivity contribution >= 4 is 17.7 Å². The summed E-state index contributed by atoms with van der Waals surface area (Å²) in [5.74, 6) is 0.200. The minimum Gasteiger partial charge on any atom is -0.465 e. The lowest BCUT2D eigenvalue weighted by atomic mass is 10.0. The summed E-state index contributed by atoms with van der Waals surface area (Å²) in [6, 6.07) is 1.63. The average Bonchev–Trinajstić information content (AvgIpc) is 2.55. The van der Waals surface area contributed by atoms with Crippen LogP contribution in [0.1, 0.15) is 31.1 Å². The van der Waals surface area contributed by atoms with E-state index in [9.17, 15) is 4.79 Å². The minimum atomic E-state index is -0.909. The number of hydrogen-bond acceptors (Lipinski definition) is 2. The van der Waals surface area contributed by atoms with Crippen molar-refractivity contribution in [3.63, 3.8) is 0 Å². The maximum absolute atomic E-state index is 11.1. The molecule has 0 unspecified atom stereocenters. The second kappa shape index (κ2) is 3.94. The van der Waals surface area contributed by atoms with Crippen LogP contribution in [0.15, 0.2) is 12.3 Å². The number of aromatic nitrogens is 1. The van der Waals surface area contributed by atoms with E-state index in [4.69, 9.17) is 16.7 Å². The number of halogens is 1. The van der Waals surface area contributed by atoms with Crippen molar-refractivity contribution in [2.24, 2.45) is 5.92 Å². The third kappa shape index (κ3) is 1.73. The van der Waals surface area contributed by atoms with Gasteiger partial charge in [0.05, 0.1) is 23.3 Å². The summed E-state index contributed by atoms with van der Waals surface area (Å²) in [5.41, 5.74) is 1.75. The fourth-order valence-electron chi connectivity index (χ4n) is 2.18. The Hall–Kier alpha value is -1.29. The Morgan fingerprint density at radius 3 is 2.94 bits per heavy atom. The van der Waals surface area contributed by atoms with E-state index in [0.29, 0.717) is 11.6 Å². The molecule has 0 bridgehead atoms. The first kappa shape index (κ1) is 11.2. The van der Waals surface area contributed by atoms with Gasteiger partial charge in [0.15, 0.2) is 0 Å². The van der Waals surface area contributed by atoms with Crippen molar-refractivity contribution in [3.05, 3.63) is 28.5 Å². The second-order valence-corrected chi connectivity index (χ2v) is 4.73. The summed E-state index contributed by atoms with van der Waals surface area (Å²) in [7, 11) is 0. The minimum absolute atomic E-state index is 0.162. The highest BCUT2D eigenvalue weighted by Crippen LogP contribution is 2.37. The summed E-state index contributed by atoms with van der Waals surface area (Å²) in [4.78, 5) is 16.8. The van der Waals surface area contributed by atoms with Crippen molar-refractivity contribution in [1.82, 2.24) is 9.88 Å². The molecule has 0 saturated heterocycles. The van der Waals surface area contributed by atoms with E-state index in [1.165, 1.54) is 4.90 Å². The van der Waals surface area contributed by atoms with E-state index in [2.05, 4.69) is 4.98 Å². The summed E-state index contributed by atoms with van der Waals surface area (Å²) in [5, 5.41) is 9.69. The molecule has 0 saturated carbocycles. The quantitative estimate of drug-likeness (QED) is 0.821. The van der Waals surface area contributed by atoms with Gasteiger partial charge >= 0.3 is 6.09 Å². The SMILES string of the molecule is CC(C)[C@H]1c2ncc(Cl)cc2CN1C(=O)O. The molecule has 86 valence electrons. The maximum Gasteiger partial charge on any atom is 0.408 e. The van der Waals surface area contributed by atoms with Gasteiger partial charge in [0.2, 0.25) is 0 Å². The van der Waals surface area contributed by atoms with Gasteiger partial charge in [-0.2, -0.15) is 0 Å². The van der Waals surface area contributed by atoms with Gasteiger partial charge in [0, 0.05) is 6.20 Å². The second-order valence-electron chi connectivity index (χ2n) is 4.30. The Balaban J connectivity index is 2.45. The van der Waals surface area contributed by atoms with Crippen LogP contribution >= 0.6 is 11.6 Å². The van der Waals surface area contributed by atoms with Gasteiger partial charge in [-0.15, -0.1) is 0 Å². The Morgan fingerprint density at radius 2 is 2.38 bits per heavy atom. The lowest BCUT2D eigenvalue weighted by Gasteiger charge is -2.24. The zero-order valence-electron chi connectivity index (χ0n) is 9.14. The van der Waals surface area contributed by atoms with Crippen LogP contribution in [0.4, 0.5) is 4.79 Å². The number of fused-ring (bicyclic) bond motifs is 1. The van der Waals surface area contributed by atoms with Crippen molar-refractivity contribution in [2.75, 3.05) is 0 Å². The van der Waals surface area contributed by atoms with E-state index in [-0.39, 0.29) is 12.0 Å². The first-order valence-corrected chi connectivity index (χ1v) is 5.52. The van der Waals surface area contributed by atoms with Gasteiger partial charge in [0.1, 0.15) is 0 Å². The number of pyridine rings is 1. The molecule has 0 fully saturated rings. The number of hydrogen-bond donors (Lipinski definition) is 1. The van der Waals surface area contributed by atoms with Crippen LogP contribution < -0.4 is 0 Å². The molecule has 0 aromatic carbocycles. The van der Waals surface area contributed by atoms with Gasteiger partial charge in [-0.05, 0) is 17.5 Å². The zero-order chi connectivity index (χ0) is 11.9. The van der Waals surface area contributed by atoms with Crippen LogP contribution in [-0.2, 0) is 6.54 Å². The number of nitrogens with zero attached hydrogens (tertiary/aromatic N) is 2. The molecule has 1 amide bonds. The third-order valence-corrected chi connectivity index (χ3v) is 3.01. The molecular formula is C11H13ClN2O2. The van der Waals surface area contributed by atoms with Crippen LogP contribution in [0.3, 0.4) is 0 Å². The first-order chi connectivity index (χ1) is 7.50. The number of carbonyl (C=O) groups is 1. The number of amides is 1. The summed E-state index contributed by atoms with van der Waals surface area (Å²) in [6.45, 7) is 4.36. The third-order valence-electron chi connectivity index (χ3n) is 2.80. The summed E-state index contributed by atoms with van der Waals surface area (Å²) >= 11 is 5.85. The molecule has 1 atom stereocenters. The lowest BCUT2D eigenvalue weighted by Crippen LogP contribution is -2.30. The molecule has 2 rings (SSSR count). The molecule has 1 aromatic rings. The molecule has 5 heteroatoms. The average molecular weight is 241 g/mol. The van der Waals surface area contributed by atoms with E-state index in [1.807, 2.05) is 13.8 Å². The molecule has 1 N–H and O–H groups in total. The molecule has 4 nitrogen and oxygen atoms in total. The predicted molar refractivity (Wildman–Crippen MR) is 60.4 cm³/mol. The van der Waals surface area contributed by atoms with Crippen LogP contribution in [0.2, 0.25) is 5.02 Å². The molecule has 0 aliphatic carbocycles. The van der Waals surface area contributed by atoms with E-state index in [0.717, 1.165) is 11.3 Å². The van der Waals surface area contributed by atoms with Crippen LogP contribution in [0.25, 0.3) is 0 Å². The van der Waals surface area contributed by atoms with Crippen molar-refractivity contribution in [2.45, 2.75) is 26.4 Å². The highest BCUT2D eigenvalue weighted by atomic mass is 35.5. The molecule has 2 heterocycles. The molecule has 0 spiro atoms. The fourth-order valence-corrected chi connectivity index (χ4v) is 2.36. The Bertz CT molecular complexity index is 434. The highest BCUT2D eigenvalue weighted by Gasteiger charge is 2.36. The largest absolute Gasteiger partial charge is 0.465 e. The van der Waals surface area contributed by atoms with E-state index < -0.39 is 6.09 Å². The lowest BCUT2D eigenvalue weighted by molar-refractivity contribution is 0.115. The first-order valence-electron chi connectivity index (χ1n) is 5.14. The van der Waals surface area contributed by atoms with Crippen LogP contribution in [0, 0.1) is 5.92 Å². The molecular weight excluding hydrogens is 228 g/mol. The Morgan fingerprint density at radius 1 is 1.69 bits per heavy atom. The fraction of sp³-hybridized carbons (Fsp3) is 0.455. The Kier molecular flexibility index (Phi) is 2.76. The van der Waals surface area contributed by atoms with Crippen molar-refractivity contribution in [1.29, 1.82) is 0 Å². The monoisotopic (exact) mass is 240 g/mol. The molecule has 16 heavy (non-hydrogen) atoms. The molecule has 1 aliphatic rings. The van der Waals surface area contributed by atoms with Crippen LogP contribution in [0.5, 0.6) is 0 Å². The normalized spacial score (nSPS) is 19.0. The molecule has 1 aliphatic heterocycles. The van der Waals surface area contributed by atoms with Crippen molar-refractivity contribution in [3.8, 4) is 0 Å². The highest BCUT2D eigenvalue weighted by molar-refractivity contribution is 6.30. The van der Waals surface area contributed by atoms with Gasteiger partial charge in [-0.25, -0.2) is 4.79 Å².